The van der Waals surface area contributed by atoms with E-state index in [1.807, 2.05) is 6.92 Å². The van der Waals surface area contributed by atoms with Gasteiger partial charge in [0.1, 0.15) is 29.6 Å². The van der Waals surface area contributed by atoms with Crippen LogP contribution in [0.5, 0.6) is 5.75 Å². The van der Waals surface area contributed by atoms with E-state index in [2.05, 4.69) is 17.1 Å². The van der Waals surface area contributed by atoms with Gasteiger partial charge in [-0.05, 0) is 94.1 Å². The lowest BCUT2D eigenvalue weighted by molar-refractivity contribution is 0.00836. The molecule has 2 N–H and O–H groups in total. The van der Waals surface area contributed by atoms with Crippen LogP contribution in [0, 0.1) is 11.6 Å². The van der Waals surface area contributed by atoms with Crippen molar-refractivity contribution in [2.45, 2.75) is 71.8 Å². The Hall–Kier alpha value is -5.30. The third kappa shape index (κ3) is 13.3. The predicted octanol–water partition coefficient (Wildman–Crippen LogP) is 6.52. The van der Waals surface area contributed by atoms with Gasteiger partial charge in [0.25, 0.3) is 11.8 Å². The molecule has 11 nitrogen and oxygen atoms in total. The Morgan fingerprint density at radius 3 is 2.28 bits per heavy atom. The summed E-state index contributed by atoms with van der Waals surface area (Å²) in [7, 11) is 3.17. The molecule has 0 saturated carbocycles. The van der Waals surface area contributed by atoms with Crippen molar-refractivity contribution in [2.24, 2.45) is 5.16 Å². The number of hydrogen-bond donors (Lipinski definition) is 2. The molecule has 0 spiro atoms. The number of amides is 3. The first-order chi connectivity index (χ1) is 25.0. The SMILES string of the molecule is C=CCON=C(C)c1cc(C(=O)N[C@@H](Cc2cc(F)cc(F)c2)[C@H](O)CN(Cc2cccc(OC)c2)C(=O)OC(C)(C)C)cc(C(=O)N(C)CCC)c1. The minimum absolute atomic E-state index is 0.00373. The van der Waals surface area contributed by atoms with Crippen LogP contribution in [0.3, 0.4) is 0 Å². The molecule has 2 atom stereocenters. The Morgan fingerprint density at radius 1 is 1.00 bits per heavy atom. The number of oxime groups is 1. The maximum absolute atomic E-state index is 14.3. The van der Waals surface area contributed by atoms with Gasteiger partial charge < -0.3 is 34.5 Å². The first kappa shape index (κ1) is 42.1. The van der Waals surface area contributed by atoms with Crippen LogP contribution in [-0.2, 0) is 22.5 Å². The molecule has 0 aliphatic rings. The summed E-state index contributed by atoms with van der Waals surface area (Å²) in [6.45, 7) is 12.6. The van der Waals surface area contributed by atoms with Gasteiger partial charge in [0.05, 0.1) is 31.5 Å². The van der Waals surface area contributed by atoms with Gasteiger partial charge in [-0.25, -0.2) is 13.6 Å². The average molecular weight is 737 g/mol. The molecule has 286 valence electrons. The Labute approximate surface area is 310 Å². The molecule has 0 heterocycles. The van der Waals surface area contributed by atoms with Crippen LogP contribution in [0.15, 0.2) is 78.5 Å². The molecular weight excluding hydrogens is 686 g/mol. The van der Waals surface area contributed by atoms with Crippen molar-refractivity contribution in [3.63, 3.8) is 0 Å². The summed E-state index contributed by atoms with van der Waals surface area (Å²) >= 11 is 0. The maximum atomic E-state index is 14.3. The highest BCUT2D eigenvalue weighted by Crippen LogP contribution is 2.20. The number of rotatable bonds is 17. The van der Waals surface area contributed by atoms with Gasteiger partial charge >= 0.3 is 6.09 Å². The maximum Gasteiger partial charge on any atom is 0.410 e. The molecule has 0 unspecified atom stereocenters. The average Bonchev–Trinajstić information content (AvgIpc) is 3.09. The van der Waals surface area contributed by atoms with Gasteiger partial charge in [0.15, 0.2) is 0 Å². The number of aliphatic hydroxyl groups is 1. The minimum Gasteiger partial charge on any atom is -0.497 e. The van der Waals surface area contributed by atoms with Crippen LogP contribution in [0.25, 0.3) is 0 Å². The number of benzene rings is 3. The van der Waals surface area contributed by atoms with Crippen molar-refractivity contribution < 1.29 is 42.6 Å². The number of nitrogens with one attached hydrogen (secondary N) is 1. The molecule has 3 rings (SSSR count). The van der Waals surface area contributed by atoms with Gasteiger partial charge in [-0.1, -0.05) is 36.9 Å². The number of aliphatic hydroxyl groups excluding tert-OH is 1. The zero-order chi connectivity index (χ0) is 39.3. The first-order valence-corrected chi connectivity index (χ1v) is 17.3. The number of hydrogen-bond acceptors (Lipinski definition) is 8. The molecule has 0 saturated heterocycles. The lowest BCUT2D eigenvalue weighted by Gasteiger charge is -2.32. The molecule has 13 heteroatoms. The lowest BCUT2D eigenvalue weighted by atomic mass is 9.98. The summed E-state index contributed by atoms with van der Waals surface area (Å²) in [6.07, 6.45) is -0.195. The highest BCUT2D eigenvalue weighted by atomic mass is 19.1. The van der Waals surface area contributed by atoms with Crippen LogP contribution in [-0.4, -0.2) is 90.1 Å². The van der Waals surface area contributed by atoms with Gasteiger partial charge in [0, 0.05) is 42.9 Å². The lowest BCUT2D eigenvalue weighted by Crippen LogP contribution is -2.51. The number of methoxy groups -OCH3 is 1. The van der Waals surface area contributed by atoms with Crippen LogP contribution in [0.1, 0.15) is 78.4 Å². The number of nitrogens with zero attached hydrogens (tertiary/aromatic N) is 3. The fourth-order valence-electron chi connectivity index (χ4n) is 5.38. The van der Waals surface area contributed by atoms with Crippen LogP contribution in [0.4, 0.5) is 13.6 Å². The van der Waals surface area contributed by atoms with E-state index in [-0.39, 0.29) is 48.7 Å². The molecule has 0 aliphatic heterocycles. The van der Waals surface area contributed by atoms with E-state index < -0.39 is 41.4 Å². The molecule has 3 amide bonds. The van der Waals surface area contributed by atoms with Gasteiger partial charge in [-0.15, -0.1) is 0 Å². The second-order valence-electron chi connectivity index (χ2n) is 13.6. The van der Waals surface area contributed by atoms with Crippen molar-refractivity contribution in [3.8, 4) is 5.75 Å². The zero-order valence-electron chi connectivity index (χ0n) is 31.4. The van der Waals surface area contributed by atoms with Crippen LogP contribution in [0.2, 0.25) is 0 Å². The highest BCUT2D eigenvalue weighted by molar-refractivity contribution is 6.06. The number of ether oxygens (including phenoxy) is 2. The minimum atomic E-state index is -1.47. The molecule has 3 aromatic rings. The molecule has 0 radical (unpaired) electrons. The Balaban J connectivity index is 2.06. The van der Waals surface area contributed by atoms with Crippen molar-refractivity contribution in [3.05, 3.63) is 113 Å². The monoisotopic (exact) mass is 736 g/mol. The predicted molar refractivity (Wildman–Crippen MR) is 199 cm³/mol. The topological polar surface area (TPSA) is 130 Å². The second-order valence-corrected chi connectivity index (χ2v) is 13.6. The largest absolute Gasteiger partial charge is 0.497 e. The summed E-state index contributed by atoms with van der Waals surface area (Å²) in [5, 5.41) is 18.6. The fraction of sp³-hybridized carbons (Fsp3) is 0.400. The second kappa shape index (κ2) is 19.5. The number of carbonyl (C=O) groups excluding carboxylic acids is 3. The quantitative estimate of drug-likeness (QED) is 0.0699. The van der Waals surface area contributed by atoms with Crippen LogP contribution < -0.4 is 10.1 Å². The van der Waals surface area contributed by atoms with Gasteiger partial charge in [-0.3, -0.25) is 9.59 Å². The van der Waals surface area contributed by atoms with E-state index in [9.17, 15) is 28.3 Å². The summed E-state index contributed by atoms with van der Waals surface area (Å²) in [6, 6.07) is 13.3. The Morgan fingerprint density at radius 2 is 1.66 bits per heavy atom. The Bertz CT molecular complexity index is 1760. The third-order valence-electron chi connectivity index (χ3n) is 7.89. The van der Waals surface area contributed by atoms with E-state index in [1.165, 1.54) is 35.1 Å². The van der Waals surface area contributed by atoms with E-state index >= 15 is 0 Å². The van der Waals surface area contributed by atoms with Crippen molar-refractivity contribution >= 4 is 23.6 Å². The smallest absolute Gasteiger partial charge is 0.410 e. The third-order valence-corrected chi connectivity index (χ3v) is 7.89. The van der Waals surface area contributed by atoms with Crippen molar-refractivity contribution in [1.29, 1.82) is 0 Å². The van der Waals surface area contributed by atoms with E-state index in [0.717, 1.165) is 12.1 Å². The van der Waals surface area contributed by atoms with Gasteiger partial charge in [0.2, 0.25) is 0 Å². The molecule has 0 aromatic heterocycles. The summed E-state index contributed by atoms with van der Waals surface area (Å²) < 4.78 is 39.6. The molecule has 53 heavy (non-hydrogen) atoms. The summed E-state index contributed by atoms with van der Waals surface area (Å²) in [5.74, 6) is -2.16. The van der Waals surface area contributed by atoms with E-state index in [4.69, 9.17) is 14.3 Å². The molecule has 0 bridgehead atoms. The van der Waals surface area contributed by atoms with E-state index in [0.29, 0.717) is 41.6 Å². The van der Waals surface area contributed by atoms with E-state index in [1.54, 1.807) is 65.1 Å². The normalized spacial score (nSPS) is 12.7. The standard InChI is InChI=1S/C40H50F2N4O7/c1-9-14-45(7)38(49)31-21-29(26(3)44-52-15-10-2)20-30(22-31)37(48)43-35(19-28-16-32(41)23-33(42)17-28)36(47)25-46(39(50)53-40(4,5)6)24-27-12-11-13-34(18-27)51-8/h10-13,16-18,20-23,35-36,47H,2,9,14-15,19,24-25H2,1,3-8H3,(H,43,48)/t35-,36+/m0/s1. The Kier molecular flexibility index (Phi) is 15.5. The summed E-state index contributed by atoms with van der Waals surface area (Å²) in [4.78, 5) is 49.0. The van der Waals surface area contributed by atoms with Crippen molar-refractivity contribution in [1.82, 2.24) is 15.1 Å². The fourth-order valence-corrected chi connectivity index (χ4v) is 5.38. The molecule has 0 fully saturated rings. The van der Waals surface area contributed by atoms with Crippen LogP contribution >= 0.6 is 0 Å². The molecular formula is C40H50F2N4O7. The zero-order valence-corrected chi connectivity index (χ0v) is 31.4. The molecule has 0 aliphatic carbocycles. The number of halogens is 2. The molecule has 3 aromatic carbocycles. The van der Waals surface area contributed by atoms with Gasteiger partial charge in [-0.2, -0.15) is 0 Å². The highest BCUT2D eigenvalue weighted by Gasteiger charge is 2.30. The summed E-state index contributed by atoms with van der Waals surface area (Å²) in [5.41, 5.74) is 1.02. The first-order valence-electron chi connectivity index (χ1n) is 17.3. The number of carbonyl (C=O) groups is 3. The van der Waals surface area contributed by atoms with Crippen molar-refractivity contribution in [2.75, 3.05) is 33.9 Å².